The highest BCUT2D eigenvalue weighted by atomic mass is 16.1. The Morgan fingerprint density at radius 2 is 2.20 bits per heavy atom. The Bertz CT molecular complexity index is 449. The monoisotopic (exact) mass is 202 g/mol. The number of fused-ring (bicyclic) bond motifs is 1. The van der Waals surface area contributed by atoms with Gasteiger partial charge >= 0.3 is 0 Å². The number of hydrogen-bond donors (Lipinski definition) is 0. The molecule has 1 aliphatic heterocycles. The zero-order chi connectivity index (χ0) is 11.0. The molecule has 0 saturated heterocycles. The van der Waals surface area contributed by atoms with Crippen LogP contribution in [0.15, 0.2) is 23.2 Å². The van der Waals surface area contributed by atoms with E-state index in [0.29, 0.717) is 12.3 Å². The minimum atomic E-state index is 0.0500. The fourth-order valence-corrected chi connectivity index (χ4v) is 1.73. The van der Waals surface area contributed by atoms with Crippen molar-refractivity contribution in [2.24, 2.45) is 4.99 Å². The first-order chi connectivity index (χ1) is 7.08. The Hall–Kier alpha value is -1.64. The van der Waals surface area contributed by atoms with Crippen LogP contribution in [0.5, 0.6) is 0 Å². The molecule has 15 heavy (non-hydrogen) atoms. The van der Waals surface area contributed by atoms with Crippen LogP contribution in [-0.2, 0) is 4.79 Å². The SMILES string of the molecule is CC(=O)C1=Nc2cc(C)ccc2N(C)C1. The Labute approximate surface area is 89.4 Å². The van der Waals surface area contributed by atoms with Gasteiger partial charge in [0.25, 0.3) is 0 Å². The molecule has 3 nitrogen and oxygen atoms in total. The third-order valence-electron chi connectivity index (χ3n) is 2.59. The number of benzene rings is 1. The van der Waals surface area contributed by atoms with Crippen molar-refractivity contribution in [1.29, 1.82) is 0 Å². The molecule has 0 bridgehead atoms. The Kier molecular flexibility index (Phi) is 2.31. The smallest absolute Gasteiger partial charge is 0.175 e. The lowest BCUT2D eigenvalue weighted by Gasteiger charge is -2.25. The highest BCUT2D eigenvalue weighted by molar-refractivity contribution is 6.41. The average Bonchev–Trinajstić information content (AvgIpc) is 2.16. The van der Waals surface area contributed by atoms with Gasteiger partial charge in [-0.1, -0.05) is 6.07 Å². The van der Waals surface area contributed by atoms with Crippen LogP contribution in [0.1, 0.15) is 12.5 Å². The molecule has 0 aliphatic carbocycles. The number of Topliss-reactive ketones (excluding diaryl/α,β-unsaturated/α-hetero) is 1. The summed E-state index contributed by atoms with van der Waals surface area (Å²) in [7, 11) is 1.98. The van der Waals surface area contributed by atoms with E-state index < -0.39 is 0 Å². The fraction of sp³-hybridized carbons (Fsp3) is 0.333. The van der Waals surface area contributed by atoms with E-state index in [1.165, 1.54) is 0 Å². The predicted molar refractivity (Wildman–Crippen MR) is 62.2 cm³/mol. The molecule has 0 unspecified atom stereocenters. The molecule has 0 radical (unpaired) electrons. The van der Waals surface area contributed by atoms with Crippen molar-refractivity contribution in [1.82, 2.24) is 0 Å². The van der Waals surface area contributed by atoms with Crippen LogP contribution in [-0.4, -0.2) is 25.1 Å². The second-order valence-electron chi connectivity index (χ2n) is 3.96. The highest BCUT2D eigenvalue weighted by Gasteiger charge is 2.18. The molecule has 0 fully saturated rings. The first-order valence-corrected chi connectivity index (χ1v) is 4.98. The molecule has 1 heterocycles. The van der Waals surface area contributed by atoms with Crippen molar-refractivity contribution in [3.63, 3.8) is 0 Å². The summed E-state index contributed by atoms with van der Waals surface area (Å²) in [6.45, 7) is 4.19. The number of ketones is 1. The molecule has 0 saturated carbocycles. The topological polar surface area (TPSA) is 32.7 Å². The Morgan fingerprint density at radius 3 is 2.87 bits per heavy atom. The van der Waals surface area contributed by atoms with Gasteiger partial charge in [-0.3, -0.25) is 4.79 Å². The maximum Gasteiger partial charge on any atom is 0.175 e. The lowest BCUT2D eigenvalue weighted by atomic mass is 10.1. The van der Waals surface area contributed by atoms with Crippen molar-refractivity contribution in [3.8, 4) is 0 Å². The van der Waals surface area contributed by atoms with Crippen LogP contribution in [0.3, 0.4) is 0 Å². The van der Waals surface area contributed by atoms with E-state index in [0.717, 1.165) is 16.9 Å². The van der Waals surface area contributed by atoms with E-state index in [4.69, 9.17) is 0 Å². The van der Waals surface area contributed by atoms with Crippen LogP contribution in [0.4, 0.5) is 11.4 Å². The molecule has 2 rings (SSSR count). The van der Waals surface area contributed by atoms with Crippen LogP contribution in [0, 0.1) is 6.92 Å². The van der Waals surface area contributed by atoms with Crippen molar-refractivity contribution in [2.75, 3.05) is 18.5 Å². The van der Waals surface area contributed by atoms with Gasteiger partial charge in [0.2, 0.25) is 0 Å². The van der Waals surface area contributed by atoms with E-state index in [2.05, 4.69) is 16.0 Å². The summed E-state index contributed by atoms with van der Waals surface area (Å²) in [5, 5.41) is 0. The van der Waals surface area contributed by atoms with Gasteiger partial charge in [0, 0.05) is 14.0 Å². The summed E-state index contributed by atoms with van der Waals surface area (Å²) >= 11 is 0. The third kappa shape index (κ3) is 1.77. The number of rotatable bonds is 1. The molecule has 1 aromatic carbocycles. The number of hydrogen-bond acceptors (Lipinski definition) is 3. The molecule has 78 valence electrons. The molecule has 0 N–H and O–H groups in total. The van der Waals surface area contributed by atoms with E-state index in [1.54, 1.807) is 6.92 Å². The minimum Gasteiger partial charge on any atom is -0.367 e. The lowest BCUT2D eigenvalue weighted by molar-refractivity contribution is -0.111. The lowest BCUT2D eigenvalue weighted by Crippen LogP contribution is -2.32. The Morgan fingerprint density at radius 1 is 1.47 bits per heavy atom. The molecule has 0 amide bonds. The number of anilines is 1. The van der Waals surface area contributed by atoms with Crippen LogP contribution in [0.2, 0.25) is 0 Å². The molecular weight excluding hydrogens is 188 g/mol. The van der Waals surface area contributed by atoms with Crippen molar-refractivity contribution in [3.05, 3.63) is 23.8 Å². The van der Waals surface area contributed by atoms with Gasteiger partial charge in [-0.15, -0.1) is 0 Å². The maximum atomic E-state index is 11.3. The average molecular weight is 202 g/mol. The summed E-state index contributed by atoms with van der Waals surface area (Å²) in [6.07, 6.45) is 0. The highest BCUT2D eigenvalue weighted by Crippen LogP contribution is 2.32. The van der Waals surface area contributed by atoms with E-state index in [-0.39, 0.29) is 5.78 Å². The van der Waals surface area contributed by atoms with Gasteiger partial charge in [0.1, 0.15) is 5.71 Å². The number of carbonyl (C=O) groups excluding carboxylic acids is 1. The predicted octanol–water partition coefficient (Wildman–Crippen LogP) is 2.11. The van der Waals surface area contributed by atoms with Gasteiger partial charge in [-0.25, -0.2) is 4.99 Å². The number of aliphatic imine (C=N–C) groups is 1. The van der Waals surface area contributed by atoms with Gasteiger partial charge < -0.3 is 4.90 Å². The second-order valence-corrected chi connectivity index (χ2v) is 3.96. The minimum absolute atomic E-state index is 0.0500. The molecule has 1 aromatic rings. The largest absolute Gasteiger partial charge is 0.367 e. The van der Waals surface area contributed by atoms with Gasteiger partial charge in [0.05, 0.1) is 17.9 Å². The molecule has 0 aromatic heterocycles. The van der Waals surface area contributed by atoms with Gasteiger partial charge in [-0.2, -0.15) is 0 Å². The van der Waals surface area contributed by atoms with Crippen molar-refractivity contribution < 1.29 is 4.79 Å². The fourth-order valence-electron chi connectivity index (χ4n) is 1.73. The molecule has 0 spiro atoms. The summed E-state index contributed by atoms with van der Waals surface area (Å²) in [4.78, 5) is 17.7. The van der Waals surface area contributed by atoms with Crippen LogP contribution < -0.4 is 4.90 Å². The second kappa shape index (κ2) is 3.50. The van der Waals surface area contributed by atoms with Gasteiger partial charge in [0.15, 0.2) is 5.78 Å². The van der Waals surface area contributed by atoms with E-state index in [9.17, 15) is 4.79 Å². The summed E-state index contributed by atoms with van der Waals surface area (Å²) < 4.78 is 0. The standard InChI is InChI=1S/C12H14N2O/c1-8-4-5-12-10(6-8)13-11(9(2)15)7-14(12)3/h4-6H,7H2,1-3H3. The maximum absolute atomic E-state index is 11.3. The molecule has 1 aliphatic rings. The number of aryl methyl sites for hydroxylation is 1. The zero-order valence-corrected chi connectivity index (χ0v) is 9.24. The normalized spacial score (nSPS) is 14.6. The van der Waals surface area contributed by atoms with Gasteiger partial charge in [-0.05, 0) is 24.6 Å². The zero-order valence-electron chi connectivity index (χ0n) is 9.24. The summed E-state index contributed by atoms with van der Waals surface area (Å²) in [5.41, 5.74) is 3.78. The quantitative estimate of drug-likeness (QED) is 0.698. The number of carbonyl (C=O) groups is 1. The van der Waals surface area contributed by atoms with Crippen LogP contribution >= 0.6 is 0 Å². The van der Waals surface area contributed by atoms with Crippen molar-refractivity contribution >= 4 is 22.9 Å². The first-order valence-electron chi connectivity index (χ1n) is 4.98. The van der Waals surface area contributed by atoms with E-state index in [1.807, 2.05) is 26.1 Å². The summed E-state index contributed by atoms with van der Waals surface area (Å²) in [6, 6.07) is 6.11. The van der Waals surface area contributed by atoms with E-state index >= 15 is 0 Å². The third-order valence-corrected chi connectivity index (χ3v) is 2.59. The molecule has 0 atom stereocenters. The number of nitrogens with zero attached hydrogens (tertiary/aromatic N) is 2. The Balaban J connectivity index is 2.53. The summed E-state index contributed by atoms with van der Waals surface area (Å²) in [5.74, 6) is 0.0500. The van der Waals surface area contributed by atoms with Crippen molar-refractivity contribution in [2.45, 2.75) is 13.8 Å². The van der Waals surface area contributed by atoms with Crippen LogP contribution in [0.25, 0.3) is 0 Å². The first kappa shape index (κ1) is 9.90. The molecular formula is C12H14N2O. The molecule has 3 heteroatoms.